The fraction of sp³-hybridized carbons (Fsp3) is 0.778. The zero-order valence-corrected chi connectivity index (χ0v) is 7.47. The first-order valence-electron chi connectivity index (χ1n) is 4.25. The lowest BCUT2D eigenvalue weighted by atomic mass is 10.2. The molecule has 1 heterocycles. The summed E-state index contributed by atoms with van der Waals surface area (Å²) >= 11 is 0. The molecule has 11 heavy (non-hydrogen) atoms. The molecule has 0 radical (unpaired) electrons. The first-order chi connectivity index (χ1) is 5.33. The molecule has 1 aliphatic rings. The molecular weight excluding hydrogens is 138 g/mol. The Balaban J connectivity index is 2.24. The Labute approximate surface area is 68.8 Å². The molecule has 0 unspecified atom stereocenters. The standard InChI is InChI=1S/C9H17NO/c1-3-9(2)8-10-4-6-11-7-5-10/h3H,4-8H2,1-2H3/b9-3+. The van der Waals surface area contributed by atoms with Gasteiger partial charge in [0, 0.05) is 19.6 Å². The summed E-state index contributed by atoms with van der Waals surface area (Å²) in [5.41, 5.74) is 1.45. The normalized spacial score (nSPS) is 22.2. The van der Waals surface area contributed by atoms with Crippen LogP contribution in [0.2, 0.25) is 0 Å². The van der Waals surface area contributed by atoms with E-state index >= 15 is 0 Å². The molecule has 1 rings (SSSR count). The van der Waals surface area contributed by atoms with Crippen molar-refractivity contribution in [3.05, 3.63) is 11.6 Å². The van der Waals surface area contributed by atoms with Crippen molar-refractivity contribution in [3.8, 4) is 0 Å². The van der Waals surface area contributed by atoms with Gasteiger partial charge in [0.1, 0.15) is 0 Å². The molecule has 0 atom stereocenters. The lowest BCUT2D eigenvalue weighted by Crippen LogP contribution is -2.37. The first kappa shape index (κ1) is 8.75. The maximum Gasteiger partial charge on any atom is 0.0594 e. The summed E-state index contributed by atoms with van der Waals surface area (Å²) in [5.74, 6) is 0. The van der Waals surface area contributed by atoms with Gasteiger partial charge >= 0.3 is 0 Å². The molecule has 0 saturated carbocycles. The molecule has 1 aliphatic heterocycles. The van der Waals surface area contributed by atoms with Crippen LogP contribution in [0.25, 0.3) is 0 Å². The second-order valence-electron chi connectivity index (χ2n) is 3.02. The Morgan fingerprint density at radius 3 is 2.64 bits per heavy atom. The lowest BCUT2D eigenvalue weighted by Gasteiger charge is -2.26. The summed E-state index contributed by atoms with van der Waals surface area (Å²) in [5, 5.41) is 0. The molecule has 0 spiro atoms. The minimum absolute atomic E-state index is 0.900. The predicted octanol–water partition coefficient (Wildman–Crippen LogP) is 1.28. The van der Waals surface area contributed by atoms with Gasteiger partial charge in [-0.1, -0.05) is 11.6 Å². The maximum absolute atomic E-state index is 5.25. The number of nitrogens with zero attached hydrogens (tertiary/aromatic N) is 1. The summed E-state index contributed by atoms with van der Waals surface area (Å²) in [6.07, 6.45) is 2.18. The summed E-state index contributed by atoms with van der Waals surface area (Å²) in [6, 6.07) is 0. The summed E-state index contributed by atoms with van der Waals surface area (Å²) < 4.78 is 5.25. The van der Waals surface area contributed by atoms with E-state index in [4.69, 9.17) is 4.74 Å². The van der Waals surface area contributed by atoms with Gasteiger partial charge in [0.05, 0.1) is 13.2 Å². The van der Waals surface area contributed by atoms with E-state index in [1.54, 1.807) is 0 Å². The Kier molecular flexibility index (Phi) is 3.60. The molecule has 64 valence electrons. The quantitative estimate of drug-likeness (QED) is 0.557. The van der Waals surface area contributed by atoms with Crippen molar-refractivity contribution in [1.82, 2.24) is 4.90 Å². The third-order valence-corrected chi connectivity index (χ3v) is 2.07. The van der Waals surface area contributed by atoms with Gasteiger partial charge in [-0.25, -0.2) is 0 Å². The van der Waals surface area contributed by atoms with Crippen molar-refractivity contribution in [2.45, 2.75) is 13.8 Å². The Morgan fingerprint density at radius 1 is 1.45 bits per heavy atom. The van der Waals surface area contributed by atoms with Crippen LogP contribution < -0.4 is 0 Å². The number of rotatable bonds is 2. The summed E-state index contributed by atoms with van der Waals surface area (Å²) in [7, 11) is 0. The Morgan fingerprint density at radius 2 is 2.09 bits per heavy atom. The molecule has 2 nitrogen and oxygen atoms in total. The van der Waals surface area contributed by atoms with Crippen LogP contribution >= 0.6 is 0 Å². The molecule has 0 aromatic rings. The van der Waals surface area contributed by atoms with Crippen molar-refractivity contribution in [1.29, 1.82) is 0 Å². The Hall–Kier alpha value is -0.340. The number of allylic oxidation sites excluding steroid dienone is 1. The third-order valence-electron chi connectivity index (χ3n) is 2.07. The fourth-order valence-corrected chi connectivity index (χ4v) is 1.20. The minimum Gasteiger partial charge on any atom is -0.379 e. The minimum atomic E-state index is 0.900. The number of ether oxygens (including phenoxy) is 1. The first-order valence-corrected chi connectivity index (χ1v) is 4.25. The van der Waals surface area contributed by atoms with Crippen molar-refractivity contribution in [3.63, 3.8) is 0 Å². The van der Waals surface area contributed by atoms with E-state index < -0.39 is 0 Å². The van der Waals surface area contributed by atoms with E-state index in [1.807, 2.05) is 0 Å². The van der Waals surface area contributed by atoms with E-state index in [0.29, 0.717) is 0 Å². The van der Waals surface area contributed by atoms with Crippen LogP contribution in [0.4, 0.5) is 0 Å². The SMILES string of the molecule is C/C=C(\C)CN1CCOCC1. The zero-order chi connectivity index (χ0) is 8.10. The van der Waals surface area contributed by atoms with Crippen molar-refractivity contribution in [2.24, 2.45) is 0 Å². The van der Waals surface area contributed by atoms with Crippen LogP contribution in [-0.4, -0.2) is 37.7 Å². The summed E-state index contributed by atoms with van der Waals surface area (Å²) in [4.78, 5) is 2.43. The van der Waals surface area contributed by atoms with Crippen molar-refractivity contribution < 1.29 is 4.74 Å². The van der Waals surface area contributed by atoms with Gasteiger partial charge in [0.15, 0.2) is 0 Å². The van der Waals surface area contributed by atoms with Gasteiger partial charge in [0.25, 0.3) is 0 Å². The van der Waals surface area contributed by atoms with Crippen LogP contribution in [0.15, 0.2) is 11.6 Å². The predicted molar refractivity (Wildman–Crippen MR) is 46.7 cm³/mol. The molecule has 0 bridgehead atoms. The molecule has 0 N–H and O–H groups in total. The fourth-order valence-electron chi connectivity index (χ4n) is 1.20. The molecule has 0 aromatic carbocycles. The monoisotopic (exact) mass is 155 g/mol. The zero-order valence-electron chi connectivity index (χ0n) is 7.47. The topological polar surface area (TPSA) is 12.5 Å². The van der Waals surface area contributed by atoms with Gasteiger partial charge in [-0.2, -0.15) is 0 Å². The van der Waals surface area contributed by atoms with Crippen LogP contribution in [0.1, 0.15) is 13.8 Å². The number of hydrogen-bond acceptors (Lipinski definition) is 2. The highest BCUT2D eigenvalue weighted by Gasteiger charge is 2.09. The van der Waals surface area contributed by atoms with E-state index in [9.17, 15) is 0 Å². The van der Waals surface area contributed by atoms with E-state index in [1.165, 1.54) is 5.57 Å². The third kappa shape index (κ3) is 3.04. The summed E-state index contributed by atoms with van der Waals surface area (Å²) in [6.45, 7) is 9.36. The van der Waals surface area contributed by atoms with E-state index in [-0.39, 0.29) is 0 Å². The lowest BCUT2D eigenvalue weighted by molar-refractivity contribution is 0.0423. The Bertz CT molecular complexity index is 136. The van der Waals surface area contributed by atoms with Gasteiger partial charge in [-0.3, -0.25) is 4.90 Å². The molecule has 2 heteroatoms. The van der Waals surface area contributed by atoms with Crippen LogP contribution in [0.5, 0.6) is 0 Å². The second kappa shape index (κ2) is 4.52. The maximum atomic E-state index is 5.25. The van der Waals surface area contributed by atoms with Crippen LogP contribution in [0, 0.1) is 0 Å². The molecule has 1 saturated heterocycles. The molecule has 0 aliphatic carbocycles. The van der Waals surface area contributed by atoms with Crippen LogP contribution in [0.3, 0.4) is 0 Å². The average molecular weight is 155 g/mol. The largest absolute Gasteiger partial charge is 0.379 e. The number of hydrogen-bond donors (Lipinski definition) is 0. The highest BCUT2D eigenvalue weighted by atomic mass is 16.5. The molecular formula is C9H17NO. The molecule has 1 fully saturated rings. The smallest absolute Gasteiger partial charge is 0.0594 e. The number of morpholine rings is 1. The van der Waals surface area contributed by atoms with Gasteiger partial charge in [-0.05, 0) is 13.8 Å². The van der Waals surface area contributed by atoms with Gasteiger partial charge < -0.3 is 4.74 Å². The molecule has 0 aromatic heterocycles. The van der Waals surface area contributed by atoms with Crippen molar-refractivity contribution in [2.75, 3.05) is 32.8 Å². The highest BCUT2D eigenvalue weighted by molar-refractivity contribution is 4.98. The average Bonchev–Trinajstić information content (AvgIpc) is 2.06. The second-order valence-corrected chi connectivity index (χ2v) is 3.02. The van der Waals surface area contributed by atoms with Gasteiger partial charge in [-0.15, -0.1) is 0 Å². The van der Waals surface area contributed by atoms with Crippen LogP contribution in [-0.2, 0) is 4.74 Å². The van der Waals surface area contributed by atoms with Crippen molar-refractivity contribution >= 4 is 0 Å². The highest BCUT2D eigenvalue weighted by Crippen LogP contribution is 2.01. The van der Waals surface area contributed by atoms with E-state index in [2.05, 4.69) is 24.8 Å². The van der Waals surface area contributed by atoms with Gasteiger partial charge in [0.2, 0.25) is 0 Å². The molecule has 0 amide bonds. The van der Waals surface area contributed by atoms with E-state index in [0.717, 1.165) is 32.8 Å².